The highest BCUT2D eigenvalue weighted by molar-refractivity contribution is 7.93. The molecule has 4 heterocycles. The Labute approximate surface area is 217 Å². The molecule has 0 bridgehead atoms. The number of anilines is 1. The van der Waals surface area contributed by atoms with E-state index in [4.69, 9.17) is 30.3 Å². The van der Waals surface area contributed by atoms with Crippen LogP contribution in [0.15, 0.2) is 41.2 Å². The van der Waals surface area contributed by atoms with Gasteiger partial charge in [0.05, 0.1) is 25.8 Å². The molecule has 0 aromatic carbocycles. The Morgan fingerprint density at radius 1 is 1.11 bits per heavy atom. The van der Waals surface area contributed by atoms with Crippen molar-refractivity contribution < 1.29 is 27.2 Å². The third-order valence-electron chi connectivity index (χ3n) is 5.27. The molecule has 0 aliphatic heterocycles. The number of hydrogen-bond acceptors (Lipinski definition) is 12. The topological polar surface area (TPSA) is 169 Å². The lowest BCUT2D eigenvalue weighted by Crippen LogP contribution is -2.33. The molecule has 0 saturated carbocycles. The molecule has 1 N–H and O–H groups in total. The summed E-state index contributed by atoms with van der Waals surface area (Å²) in [4.78, 5) is 12.6. The summed E-state index contributed by atoms with van der Waals surface area (Å²) in [6, 6.07) is 6.63. The van der Waals surface area contributed by atoms with Crippen molar-refractivity contribution in [3.05, 3.63) is 53.3 Å². The van der Waals surface area contributed by atoms with Gasteiger partial charge in [0.2, 0.25) is 21.9 Å². The Balaban J connectivity index is 1.70. The number of rotatable bonds is 11. The van der Waals surface area contributed by atoms with Gasteiger partial charge in [-0.3, -0.25) is 9.29 Å². The number of halogens is 1. The van der Waals surface area contributed by atoms with E-state index in [2.05, 4.69) is 35.0 Å². The van der Waals surface area contributed by atoms with Crippen molar-refractivity contribution in [1.29, 1.82) is 0 Å². The van der Waals surface area contributed by atoms with E-state index in [1.54, 1.807) is 24.3 Å². The molecule has 0 aliphatic rings. The Bertz CT molecular complexity index is 1460. The van der Waals surface area contributed by atoms with E-state index in [9.17, 15) is 8.42 Å². The standard InChI is InChI=1S/C21H23ClN8O6S/c1-12(18(35-4)19-23-9-13(22)10-24-19)37(31,32)29-21-27-26-20(15-6-5-7-16(25-15)33-2)30(21)11-14-8-17(34-3)28-36-14/h5-10,12,18H,11H2,1-4H3,(H,27,29). The predicted octanol–water partition coefficient (Wildman–Crippen LogP) is 2.35. The molecular formula is C21H23ClN8O6S. The maximum absolute atomic E-state index is 13.4. The summed E-state index contributed by atoms with van der Waals surface area (Å²) >= 11 is 5.86. The molecule has 0 radical (unpaired) electrons. The molecule has 0 amide bonds. The number of hydrogen-bond donors (Lipinski definition) is 1. The fourth-order valence-electron chi connectivity index (χ4n) is 3.35. The minimum atomic E-state index is -4.11. The molecule has 0 saturated heterocycles. The Kier molecular flexibility index (Phi) is 7.85. The van der Waals surface area contributed by atoms with Gasteiger partial charge in [0.1, 0.15) is 17.0 Å². The number of methoxy groups -OCH3 is 3. The number of nitrogens with zero attached hydrogens (tertiary/aromatic N) is 7. The van der Waals surface area contributed by atoms with E-state index < -0.39 is 21.4 Å². The van der Waals surface area contributed by atoms with Crippen LogP contribution in [0.25, 0.3) is 11.5 Å². The van der Waals surface area contributed by atoms with Crippen LogP contribution >= 0.6 is 11.6 Å². The summed E-state index contributed by atoms with van der Waals surface area (Å²) in [5.74, 6) is 1.28. The number of nitrogens with one attached hydrogen (secondary N) is 1. The smallest absolute Gasteiger partial charge is 0.254 e. The third kappa shape index (κ3) is 5.79. The summed E-state index contributed by atoms with van der Waals surface area (Å²) in [5.41, 5.74) is 0.390. The Hall–Kier alpha value is -3.82. The normalized spacial score (nSPS) is 13.2. The van der Waals surface area contributed by atoms with E-state index in [1.807, 2.05) is 0 Å². The van der Waals surface area contributed by atoms with Crippen molar-refractivity contribution in [1.82, 2.24) is 34.9 Å². The number of aromatic nitrogens is 7. The molecule has 2 atom stereocenters. The summed E-state index contributed by atoms with van der Waals surface area (Å²) in [5, 5.41) is 11.2. The van der Waals surface area contributed by atoms with E-state index in [1.165, 1.54) is 45.2 Å². The lowest BCUT2D eigenvalue weighted by molar-refractivity contribution is 0.0950. The first-order valence-electron chi connectivity index (χ1n) is 10.7. The molecule has 4 aromatic heterocycles. The number of pyridine rings is 1. The Morgan fingerprint density at radius 2 is 1.84 bits per heavy atom. The van der Waals surface area contributed by atoms with Crippen molar-refractivity contribution in [2.75, 3.05) is 26.1 Å². The van der Waals surface area contributed by atoms with Gasteiger partial charge in [-0.05, 0) is 18.1 Å². The van der Waals surface area contributed by atoms with Gasteiger partial charge >= 0.3 is 0 Å². The number of sulfonamides is 1. The fraction of sp³-hybridized carbons (Fsp3) is 0.333. The summed E-state index contributed by atoms with van der Waals surface area (Å²) in [6.45, 7) is 1.47. The van der Waals surface area contributed by atoms with Crippen LogP contribution in [0.3, 0.4) is 0 Å². The molecule has 0 aliphatic carbocycles. The van der Waals surface area contributed by atoms with E-state index in [0.717, 1.165) is 0 Å². The SMILES string of the molecule is COc1cc(Cn2c(NS(=O)(=O)C(C)C(OC)c3ncc(Cl)cn3)nnc2-c2cccc(OC)n2)on1. The van der Waals surface area contributed by atoms with Gasteiger partial charge in [-0.1, -0.05) is 17.7 Å². The van der Waals surface area contributed by atoms with Crippen LogP contribution in [0, 0.1) is 0 Å². The van der Waals surface area contributed by atoms with E-state index >= 15 is 0 Å². The zero-order valence-electron chi connectivity index (χ0n) is 20.2. The molecule has 16 heteroatoms. The van der Waals surface area contributed by atoms with Crippen molar-refractivity contribution in [2.24, 2.45) is 0 Å². The monoisotopic (exact) mass is 550 g/mol. The second kappa shape index (κ2) is 11.1. The van der Waals surface area contributed by atoms with Crippen molar-refractivity contribution >= 4 is 27.6 Å². The minimum Gasteiger partial charge on any atom is -0.481 e. The second-order valence-electron chi connectivity index (χ2n) is 7.60. The van der Waals surface area contributed by atoms with Crippen LogP contribution in [-0.4, -0.2) is 69.9 Å². The van der Waals surface area contributed by atoms with Gasteiger partial charge in [0.25, 0.3) is 5.88 Å². The van der Waals surface area contributed by atoms with E-state index in [0.29, 0.717) is 22.4 Å². The molecule has 0 spiro atoms. The predicted molar refractivity (Wildman–Crippen MR) is 131 cm³/mol. The summed E-state index contributed by atoms with van der Waals surface area (Å²) < 4.78 is 51.7. The van der Waals surface area contributed by atoms with Crippen LogP contribution in [0.5, 0.6) is 11.8 Å². The van der Waals surface area contributed by atoms with Crippen LogP contribution < -0.4 is 14.2 Å². The van der Waals surface area contributed by atoms with Gasteiger partial charge in [0.15, 0.2) is 17.4 Å². The van der Waals surface area contributed by atoms with Crippen molar-refractivity contribution in [3.8, 4) is 23.3 Å². The fourth-order valence-corrected chi connectivity index (χ4v) is 4.60. The maximum atomic E-state index is 13.4. The first-order valence-corrected chi connectivity index (χ1v) is 12.6. The van der Waals surface area contributed by atoms with Crippen molar-refractivity contribution in [3.63, 3.8) is 0 Å². The zero-order valence-corrected chi connectivity index (χ0v) is 21.8. The first kappa shape index (κ1) is 26.2. The van der Waals surface area contributed by atoms with Gasteiger partial charge in [-0.15, -0.1) is 10.2 Å². The van der Waals surface area contributed by atoms with Gasteiger partial charge in [-0.2, -0.15) is 0 Å². The van der Waals surface area contributed by atoms with Crippen LogP contribution in [0.4, 0.5) is 5.95 Å². The maximum Gasteiger partial charge on any atom is 0.254 e. The molecule has 14 nitrogen and oxygen atoms in total. The molecule has 0 fully saturated rings. The summed E-state index contributed by atoms with van der Waals surface area (Å²) in [6.07, 6.45) is 1.72. The lowest BCUT2D eigenvalue weighted by Gasteiger charge is -2.22. The molecular weight excluding hydrogens is 528 g/mol. The van der Waals surface area contributed by atoms with E-state index in [-0.39, 0.29) is 30.0 Å². The van der Waals surface area contributed by atoms with Crippen LogP contribution in [0.1, 0.15) is 24.6 Å². The van der Waals surface area contributed by atoms with Crippen LogP contribution in [0.2, 0.25) is 5.02 Å². The molecule has 37 heavy (non-hydrogen) atoms. The quantitative estimate of drug-likeness (QED) is 0.289. The minimum absolute atomic E-state index is 0.0117. The lowest BCUT2D eigenvalue weighted by atomic mass is 10.2. The number of ether oxygens (including phenoxy) is 3. The zero-order chi connectivity index (χ0) is 26.6. The molecule has 4 aromatic rings. The average molecular weight is 551 g/mol. The van der Waals surface area contributed by atoms with Gasteiger partial charge < -0.3 is 18.7 Å². The molecule has 196 valence electrons. The largest absolute Gasteiger partial charge is 0.481 e. The van der Waals surface area contributed by atoms with Crippen LogP contribution in [-0.2, 0) is 21.3 Å². The summed E-state index contributed by atoms with van der Waals surface area (Å²) in [7, 11) is 0.185. The second-order valence-corrected chi connectivity index (χ2v) is 10.1. The Morgan fingerprint density at radius 3 is 2.49 bits per heavy atom. The first-order chi connectivity index (χ1) is 17.7. The average Bonchev–Trinajstić information content (AvgIpc) is 3.52. The van der Waals surface area contributed by atoms with Gasteiger partial charge in [-0.25, -0.2) is 23.4 Å². The highest BCUT2D eigenvalue weighted by atomic mass is 35.5. The molecule has 4 rings (SSSR count). The third-order valence-corrected chi connectivity index (χ3v) is 7.16. The highest BCUT2D eigenvalue weighted by Gasteiger charge is 2.34. The van der Waals surface area contributed by atoms with Gasteiger partial charge in [0, 0.05) is 31.6 Å². The highest BCUT2D eigenvalue weighted by Crippen LogP contribution is 2.27. The molecule has 2 unspecified atom stereocenters. The van der Waals surface area contributed by atoms with Crippen molar-refractivity contribution in [2.45, 2.75) is 24.8 Å².